The van der Waals surface area contributed by atoms with Gasteiger partial charge >= 0.3 is 5.97 Å². The van der Waals surface area contributed by atoms with Crippen LogP contribution in [0.25, 0.3) is 0 Å². The van der Waals surface area contributed by atoms with Gasteiger partial charge in [-0.1, -0.05) is 18.5 Å². The predicted molar refractivity (Wildman–Crippen MR) is 77.5 cm³/mol. The molecular formula is C14H18ClNO4. The Morgan fingerprint density at radius 1 is 1.30 bits per heavy atom. The van der Waals surface area contributed by atoms with Gasteiger partial charge in [0.1, 0.15) is 11.3 Å². The van der Waals surface area contributed by atoms with Crippen molar-refractivity contribution >= 4 is 29.2 Å². The molecule has 6 heteroatoms. The third kappa shape index (κ3) is 4.13. The number of ether oxygens (including phenoxy) is 2. The van der Waals surface area contributed by atoms with E-state index in [2.05, 4.69) is 5.32 Å². The lowest BCUT2D eigenvalue weighted by molar-refractivity contribution is -0.116. The Labute approximate surface area is 123 Å². The van der Waals surface area contributed by atoms with Crippen molar-refractivity contribution in [2.75, 3.05) is 19.0 Å². The number of hydrogen-bond donors (Lipinski definition) is 1. The smallest absolute Gasteiger partial charge is 0.341 e. The number of carbonyl (C=O) groups excluding carboxylic acids is 2. The molecule has 0 saturated heterocycles. The highest BCUT2D eigenvalue weighted by Gasteiger charge is 2.17. The normalized spacial score (nSPS) is 10.0. The molecule has 0 aliphatic carbocycles. The van der Waals surface area contributed by atoms with Crippen molar-refractivity contribution in [3.8, 4) is 5.75 Å². The Morgan fingerprint density at radius 3 is 2.55 bits per heavy atom. The molecule has 0 bridgehead atoms. The van der Waals surface area contributed by atoms with Crippen LogP contribution in [-0.4, -0.2) is 25.6 Å². The number of nitrogens with one attached hydrogen (secondary N) is 1. The number of anilines is 1. The summed E-state index contributed by atoms with van der Waals surface area (Å²) < 4.78 is 10.1. The second kappa shape index (κ2) is 7.75. The Hall–Kier alpha value is -1.75. The number of carbonyl (C=O) groups is 2. The molecule has 0 aliphatic heterocycles. The average molecular weight is 300 g/mol. The van der Waals surface area contributed by atoms with Crippen molar-refractivity contribution in [1.29, 1.82) is 0 Å². The molecule has 1 aromatic carbocycles. The first-order valence-electron chi connectivity index (χ1n) is 6.37. The zero-order chi connectivity index (χ0) is 15.1. The fourth-order valence-electron chi connectivity index (χ4n) is 1.63. The molecule has 0 heterocycles. The topological polar surface area (TPSA) is 64.6 Å². The van der Waals surface area contributed by atoms with E-state index >= 15 is 0 Å². The van der Waals surface area contributed by atoms with Gasteiger partial charge in [-0.05, 0) is 19.4 Å². The molecule has 1 amide bonds. The zero-order valence-electron chi connectivity index (χ0n) is 11.8. The van der Waals surface area contributed by atoms with Gasteiger partial charge in [-0.2, -0.15) is 0 Å². The van der Waals surface area contributed by atoms with Gasteiger partial charge in [0, 0.05) is 12.5 Å². The van der Waals surface area contributed by atoms with E-state index in [4.69, 9.17) is 21.1 Å². The van der Waals surface area contributed by atoms with E-state index in [9.17, 15) is 9.59 Å². The summed E-state index contributed by atoms with van der Waals surface area (Å²) in [4.78, 5) is 23.3. The van der Waals surface area contributed by atoms with E-state index in [0.29, 0.717) is 17.9 Å². The number of halogens is 1. The van der Waals surface area contributed by atoms with Gasteiger partial charge < -0.3 is 14.8 Å². The van der Waals surface area contributed by atoms with Crippen LogP contribution >= 0.6 is 11.6 Å². The molecule has 0 radical (unpaired) electrons. The molecule has 0 saturated carbocycles. The van der Waals surface area contributed by atoms with E-state index < -0.39 is 5.97 Å². The van der Waals surface area contributed by atoms with E-state index in [-0.39, 0.29) is 23.1 Å². The lowest BCUT2D eigenvalue weighted by atomic mass is 10.1. The minimum absolute atomic E-state index is 0.139. The molecule has 0 aliphatic rings. The van der Waals surface area contributed by atoms with Gasteiger partial charge in [0.2, 0.25) is 5.91 Å². The van der Waals surface area contributed by atoms with E-state index in [0.717, 1.165) is 6.42 Å². The number of esters is 1. The van der Waals surface area contributed by atoms with E-state index in [1.54, 1.807) is 6.92 Å². The summed E-state index contributed by atoms with van der Waals surface area (Å²) in [6, 6.07) is 2.95. The highest BCUT2D eigenvalue weighted by molar-refractivity contribution is 6.34. The second-order valence-electron chi connectivity index (χ2n) is 4.05. The first-order valence-corrected chi connectivity index (χ1v) is 6.75. The van der Waals surface area contributed by atoms with Crippen molar-refractivity contribution in [2.45, 2.75) is 26.7 Å². The van der Waals surface area contributed by atoms with Crippen LogP contribution in [0.3, 0.4) is 0 Å². The van der Waals surface area contributed by atoms with E-state index in [1.807, 2.05) is 6.92 Å². The Bertz CT molecular complexity index is 502. The summed E-state index contributed by atoms with van der Waals surface area (Å²) in [7, 11) is 1.43. The van der Waals surface area contributed by atoms with Crippen LogP contribution in [0.5, 0.6) is 5.75 Å². The lowest BCUT2D eigenvalue weighted by Crippen LogP contribution is -2.12. The molecule has 0 atom stereocenters. The van der Waals surface area contributed by atoms with E-state index in [1.165, 1.54) is 19.2 Å². The van der Waals surface area contributed by atoms with Crippen molar-refractivity contribution in [3.63, 3.8) is 0 Å². The number of methoxy groups -OCH3 is 1. The fourth-order valence-corrected chi connectivity index (χ4v) is 1.84. The SMILES string of the molecule is CCCC(=O)Nc1cc(OC)c(C(=O)OCC)cc1Cl. The maximum Gasteiger partial charge on any atom is 0.341 e. The summed E-state index contributed by atoms with van der Waals surface area (Å²) in [5, 5.41) is 2.94. The number of benzene rings is 1. The minimum atomic E-state index is -0.516. The summed E-state index contributed by atoms with van der Waals surface area (Å²) >= 11 is 6.07. The van der Waals surface area contributed by atoms with Crippen molar-refractivity contribution in [3.05, 3.63) is 22.7 Å². The van der Waals surface area contributed by atoms with Crippen LogP contribution < -0.4 is 10.1 Å². The van der Waals surface area contributed by atoms with Crippen LogP contribution in [0.1, 0.15) is 37.0 Å². The highest BCUT2D eigenvalue weighted by Crippen LogP contribution is 2.31. The minimum Gasteiger partial charge on any atom is -0.496 e. The first kappa shape index (κ1) is 16.3. The highest BCUT2D eigenvalue weighted by atomic mass is 35.5. The third-order valence-corrected chi connectivity index (χ3v) is 2.85. The monoisotopic (exact) mass is 299 g/mol. The second-order valence-corrected chi connectivity index (χ2v) is 4.46. The molecule has 0 unspecified atom stereocenters. The van der Waals surface area contributed by atoms with Crippen LogP contribution in [0, 0.1) is 0 Å². The molecule has 1 N–H and O–H groups in total. The van der Waals surface area contributed by atoms with Gasteiger partial charge in [0.05, 0.1) is 24.4 Å². The lowest BCUT2D eigenvalue weighted by Gasteiger charge is -2.12. The Kier molecular flexibility index (Phi) is 6.31. The molecular weight excluding hydrogens is 282 g/mol. The number of rotatable bonds is 6. The molecule has 110 valence electrons. The van der Waals surface area contributed by atoms with Crippen LogP contribution in [0.15, 0.2) is 12.1 Å². The summed E-state index contributed by atoms with van der Waals surface area (Å²) in [6.07, 6.45) is 1.14. The van der Waals surface area contributed by atoms with Gasteiger partial charge in [0.25, 0.3) is 0 Å². The summed E-state index contributed by atoms with van der Waals surface area (Å²) in [5.74, 6) is -0.349. The summed E-state index contributed by atoms with van der Waals surface area (Å²) in [6.45, 7) is 3.88. The molecule has 1 aromatic rings. The summed E-state index contributed by atoms with van der Waals surface area (Å²) in [5.41, 5.74) is 0.642. The van der Waals surface area contributed by atoms with Crippen molar-refractivity contribution in [1.82, 2.24) is 0 Å². The first-order chi connectivity index (χ1) is 9.53. The fraction of sp³-hybridized carbons (Fsp3) is 0.429. The zero-order valence-corrected chi connectivity index (χ0v) is 12.5. The van der Waals surface area contributed by atoms with Crippen molar-refractivity contribution < 1.29 is 19.1 Å². The Morgan fingerprint density at radius 2 is 2.00 bits per heavy atom. The number of amides is 1. The molecule has 20 heavy (non-hydrogen) atoms. The van der Waals surface area contributed by atoms with Crippen LogP contribution in [-0.2, 0) is 9.53 Å². The number of hydrogen-bond acceptors (Lipinski definition) is 4. The Balaban J connectivity index is 3.06. The largest absolute Gasteiger partial charge is 0.496 e. The maximum atomic E-state index is 11.8. The van der Waals surface area contributed by atoms with Gasteiger partial charge in [-0.3, -0.25) is 4.79 Å². The van der Waals surface area contributed by atoms with Crippen molar-refractivity contribution in [2.24, 2.45) is 0 Å². The molecule has 1 rings (SSSR count). The predicted octanol–water partition coefficient (Wildman–Crippen LogP) is 3.26. The average Bonchev–Trinajstić information content (AvgIpc) is 2.41. The molecule has 0 fully saturated rings. The van der Waals surface area contributed by atoms with Crippen LogP contribution in [0.2, 0.25) is 5.02 Å². The van der Waals surface area contributed by atoms with Gasteiger partial charge in [0.15, 0.2) is 0 Å². The van der Waals surface area contributed by atoms with Gasteiger partial charge in [-0.15, -0.1) is 0 Å². The van der Waals surface area contributed by atoms with Gasteiger partial charge in [-0.25, -0.2) is 4.79 Å². The standard InChI is InChI=1S/C14H18ClNO4/c1-4-6-13(17)16-11-8-12(19-3)9(7-10(11)15)14(18)20-5-2/h7-8H,4-6H2,1-3H3,(H,16,17). The molecule has 0 spiro atoms. The molecule has 0 aromatic heterocycles. The van der Waals surface area contributed by atoms with Crippen LogP contribution in [0.4, 0.5) is 5.69 Å². The maximum absolute atomic E-state index is 11.8. The quantitative estimate of drug-likeness (QED) is 0.819. The third-order valence-electron chi connectivity index (χ3n) is 2.54. The molecule has 5 nitrogen and oxygen atoms in total.